The van der Waals surface area contributed by atoms with Gasteiger partial charge in [0.25, 0.3) is 0 Å². The summed E-state index contributed by atoms with van der Waals surface area (Å²) >= 11 is 1.47. The Morgan fingerprint density at radius 2 is 1.79 bits per heavy atom. The summed E-state index contributed by atoms with van der Waals surface area (Å²) < 4.78 is 0. The summed E-state index contributed by atoms with van der Waals surface area (Å²) in [4.78, 5) is 44.7. The van der Waals surface area contributed by atoms with E-state index >= 15 is 0 Å². The Hall–Kier alpha value is -2.54. The van der Waals surface area contributed by atoms with Gasteiger partial charge in [0.1, 0.15) is 5.01 Å². The number of rotatable bonds is 4. The lowest BCUT2D eigenvalue weighted by Crippen LogP contribution is -2.46. The lowest BCUT2D eigenvalue weighted by molar-refractivity contribution is -0.144. The summed E-state index contributed by atoms with van der Waals surface area (Å²) in [5, 5.41) is 2.67. The molecule has 0 bridgehead atoms. The van der Waals surface area contributed by atoms with E-state index < -0.39 is 17.8 Å². The monoisotopic (exact) mass is 397 g/mol. The van der Waals surface area contributed by atoms with Crippen molar-refractivity contribution in [3.63, 3.8) is 0 Å². The van der Waals surface area contributed by atoms with Crippen LogP contribution in [0.25, 0.3) is 10.6 Å². The summed E-state index contributed by atoms with van der Waals surface area (Å²) in [6, 6.07) is 7.36. The first-order valence-corrected chi connectivity index (χ1v) is 10.5. The van der Waals surface area contributed by atoms with Crippen LogP contribution in [0.2, 0.25) is 0 Å². The lowest BCUT2D eigenvalue weighted by Gasteiger charge is -2.34. The molecule has 4 rings (SSSR count). The summed E-state index contributed by atoms with van der Waals surface area (Å²) in [6.45, 7) is 4.10. The van der Waals surface area contributed by atoms with Gasteiger partial charge in [-0.25, -0.2) is 14.7 Å². The number of carbonyl (C=O) groups excluding carboxylic acids is 3. The van der Waals surface area contributed by atoms with Gasteiger partial charge in [0.15, 0.2) is 0 Å². The molecule has 7 heteroatoms. The summed E-state index contributed by atoms with van der Waals surface area (Å²) in [5.74, 6) is -1.22. The average Bonchev–Trinajstić information content (AvgIpc) is 3.23. The van der Waals surface area contributed by atoms with E-state index in [0.29, 0.717) is 5.69 Å². The molecule has 1 aliphatic carbocycles. The van der Waals surface area contributed by atoms with Crippen LogP contribution in [0.4, 0.5) is 4.79 Å². The maximum absolute atomic E-state index is 12.9. The molecule has 1 saturated heterocycles. The molecule has 2 fully saturated rings. The fourth-order valence-corrected chi connectivity index (χ4v) is 4.82. The molecule has 0 unspecified atom stereocenters. The van der Waals surface area contributed by atoms with Gasteiger partial charge in [0.2, 0.25) is 0 Å². The Morgan fingerprint density at radius 3 is 2.50 bits per heavy atom. The topological polar surface area (TPSA) is 70.6 Å². The molecule has 2 aromatic rings. The third-order valence-corrected chi connectivity index (χ3v) is 6.59. The number of thiazole rings is 1. The summed E-state index contributed by atoms with van der Waals surface area (Å²) in [5.41, 5.74) is 2.78. The van der Waals surface area contributed by atoms with Gasteiger partial charge in [-0.05, 0) is 25.7 Å². The number of nitrogens with zero attached hydrogens (tertiary/aromatic N) is 3. The van der Waals surface area contributed by atoms with Gasteiger partial charge in [0, 0.05) is 17.0 Å². The van der Waals surface area contributed by atoms with E-state index in [9.17, 15) is 14.4 Å². The number of amides is 4. The van der Waals surface area contributed by atoms with Gasteiger partial charge in [0.05, 0.1) is 12.2 Å². The van der Waals surface area contributed by atoms with Gasteiger partial charge < -0.3 is 0 Å². The molecule has 2 atom stereocenters. The molecule has 1 aromatic carbocycles. The molecular weight excluding hydrogens is 374 g/mol. The maximum atomic E-state index is 12.9. The zero-order valence-corrected chi connectivity index (χ0v) is 16.9. The van der Waals surface area contributed by atoms with E-state index in [1.807, 2.05) is 43.5 Å². The van der Waals surface area contributed by atoms with Crippen LogP contribution in [0.3, 0.4) is 0 Å². The molecule has 2 aliphatic rings. The molecule has 4 amide bonds. The van der Waals surface area contributed by atoms with Crippen LogP contribution >= 0.6 is 11.3 Å². The van der Waals surface area contributed by atoms with E-state index in [1.165, 1.54) is 21.8 Å². The molecule has 0 N–H and O–H groups in total. The number of hydrogen-bond acceptors (Lipinski definition) is 5. The number of hydrogen-bond donors (Lipinski definition) is 0. The van der Waals surface area contributed by atoms with Gasteiger partial charge in [-0.2, -0.15) is 0 Å². The molecule has 0 spiro atoms. The third-order valence-electron chi connectivity index (χ3n) is 5.65. The largest absolute Gasteiger partial charge is 0.334 e. The Kier molecular flexibility index (Phi) is 5.02. The highest BCUT2D eigenvalue weighted by atomic mass is 32.1. The summed E-state index contributed by atoms with van der Waals surface area (Å²) in [7, 11) is 0. The second-order valence-corrected chi connectivity index (χ2v) is 8.55. The van der Waals surface area contributed by atoms with Crippen molar-refractivity contribution >= 4 is 29.2 Å². The number of imide groups is 2. The number of benzene rings is 1. The van der Waals surface area contributed by atoms with Crippen LogP contribution in [0, 0.1) is 12.8 Å². The van der Waals surface area contributed by atoms with E-state index in [1.54, 1.807) is 0 Å². The van der Waals surface area contributed by atoms with Gasteiger partial charge in [-0.15, -0.1) is 11.3 Å². The van der Waals surface area contributed by atoms with Crippen LogP contribution < -0.4 is 0 Å². The first kappa shape index (κ1) is 18.8. The minimum atomic E-state index is -0.743. The predicted octanol–water partition coefficient (Wildman–Crippen LogP) is 3.99. The molecule has 1 saturated carbocycles. The fraction of sp³-hybridized carbons (Fsp3) is 0.429. The maximum Gasteiger partial charge on any atom is 0.334 e. The Balaban J connectivity index is 1.52. The molecule has 2 heterocycles. The number of urea groups is 1. The van der Waals surface area contributed by atoms with Crippen LogP contribution in [0.5, 0.6) is 0 Å². The first-order chi connectivity index (χ1) is 13.5. The second kappa shape index (κ2) is 7.47. The zero-order chi connectivity index (χ0) is 19.8. The van der Waals surface area contributed by atoms with Crippen LogP contribution in [-0.2, 0) is 16.1 Å². The molecule has 28 heavy (non-hydrogen) atoms. The third kappa shape index (κ3) is 3.35. The molecule has 146 valence electrons. The smallest absolute Gasteiger partial charge is 0.263 e. The van der Waals surface area contributed by atoms with Crippen molar-refractivity contribution in [1.29, 1.82) is 0 Å². The lowest BCUT2D eigenvalue weighted by atomic mass is 9.85. The SMILES string of the molecule is Cc1ccc(-c2nc(CN3C(=O)C(=O)N([C@@H]4CCCC[C@@H]4C)C3=O)cs2)cc1. The minimum absolute atomic E-state index is 0.0311. The zero-order valence-electron chi connectivity index (χ0n) is 16.1. The van der Waals surface area contributed by atoms with E-state index in [-0.39, 0.29) is 18.5 Å². The van der Waals surface area contributed by atoms with Crippen molar-refractivity contribution in [3.05, 3.63) is 40.9 Å². The van der Waals surface area contributed by atoms with Crippen molar-refractivity contribution in [2.45, 2.75) is 52.1 Å². The number of aryl methyl sites for hydroxylation is 1. The molecule has 1 aromatic heterocycles. The van der Waals surface area contributed by atoms with Crippen molar-refractivity contribution in [2.75, 3.05) is 0 Å². The summed E-state index contributed by atoms with van der Waals surface area (Å²) in [6.07, 6.45) is 3.83. The highest BCUT2D eigenvalue weighted by Crippen LogP contribution is 2.32. The predicted molar refractivity (Wildman–Crippen MR) is 106 cm³/mol. The van der Waals surface area contributed by atoms with Gasteiger partial charge >= 0.3 is 17.8 Å². The number of aromatic nitrogens is 1. The minimum Gasteiger partial charge on any atom is -0.263 e. The van der Waals surface area contributed by atoms with Crippen molar-refractivity contribution in [3.8, 4) is 10.6 Å². The van der Waals surface area contributed by atoms with Gasteiger partial charge in [-0.1, -0.05) is 49.6 Å². The molecule has 1 aliphatic heterocycles. The number of carbonyl (C=O) groups is 3. The van der Waals surface area contributed by atoms with Crippen LogP contribution in [-0.4, -0.2) is 38.7 Å². The Morgan fingerprint density at radius 1 is 1.07 bits per heavy atom. The highest BCUT2D eigenvalue weighted by Gasteiger charge is 2.49. The fourth-order valence-electron chi connectivity index (χ4n) is 4.00. The van der Waals surface area contributed by atoms with E-state index in [2.05, 4.69) is 4.98 Å². The highest BCUT2D eigenvalue weighted by molar-refractivity contribution is 7.13. The quantitative estimate of drug-likeness (QED) is 0.578. The van der Waals surface area contributed by atoms with Crippen molar-refractivity contribution in [1.82, 2.24) is 14.8 Å². The Labute approximate surface area is 168 Å². The van der Waals surface area contributed by atoms with Crippen molar-refractivity contribution in [2.24, 2.45) is 5.92 Å². The molecule has 0 radical (unpaired) electrons. The standard InChI is InChI=1S/C21H23N3O3S/c1-13-7-9-15(10-8-13)18-22-16(12-28-18)11-23-19(25)20(26)24(21(23)27)17-6-4-3-5-14(17)2/h7-10,12,14,17H,3-6,11H2,1-2H3/t14-,17+/m0/s1. The first-order valence-electron chi connectivity index (χ1n) is 9.66. The second-order valence-electron chi connectivity index (χ2n) is 7.69. The van der Waals surface area contributed by atoms with Gasteiger partial charge in [-0.3, -0.25) is 14.5 Å². The normalized spacial score (nSPS) is 23.0. The average molecular weight is 398 g/mol. The van der Waals surface area contributed by atoms with Crippen molar-refractivity contribution < 1.29 is 14.4 Å². The molecular formula is C21H23N3O3S. The van der Waals surface area contributed by atoms with E-state index in [0.717, 1.165) is 41.2 Å². The molecule has 6 nitrogen and oxygen atoms in total. The van der Waals surface area contributed by atoms with Crippen LogP contribution in [0.1, 0.15) is 43.9 Å². The Bertz CT molecular complexity index is 921. The van der Waals surface area contributed by atoms with Crippen LogP contribution in [0.15, 0.2) is 29.6 Å². The van der Waals surface area contributed by atoms with E-state index in [4.69, 9.17) is 0 Å².